The summed E-state index contributed by atoms with van der Waals surface area (Å²) >= 11 is 6.47. The maximum Gasteiger partial charge on any atom is 0.307 e. The molecular formula is C26H22ClN3O6. The van der Waals surface area contributed by atoms with Gasteiger partial charge in [0.05, 0.1) is 22.8 Å². The summed E-state index contributed by atoms with van der Waals surface area (Å²) in [4.78, 5) is 22.9. The van der Waals surface area contributed by atoms with Gasteiger partial charge in [0.15, 0.2) is 17.3 Å². The summed E-state index contributed by atoms with van der Waals surface area (Å²) in [6.07, 6.45) is 1.41. The standard InChI is InChI=1S/C26H22ClN3O6/c1-3-34-23-11-18(10-21(27)25(23)35-15-17-6-4-5-16(2)9-17)14-28-29-26(31)24-13-19-12-20(30(32)33)7-8-22(19)36-24/h4-14H,3,15H2,1-2H3,(H,29,31)/b28-14-. The van der Waals surface area contributed by atoms with Gasteiger partial charge in [-0.3, -0.25) is 14.9 Å². The first-order chi connectivity index (χ1) is 17.3. The van der Waals surface area contributed by atoms with Crippen LogP contribution in [0.25, 0.3) is 11.0 Å². The molecule has 0 unspecified atom stereocenters. The third kappa shape index (κ3) is 5.81. The number of carbonyl (C=O) groups excluding carboxylic acids is 1. The van der Waals surface area contributed by atoms with E-state index in [1.807, 2.05) is 38.1 Å². The van der Waals surface area contributed by atoms with Crippen LogP contribution in [0, 0.1) is 17.0 Å². The molecule has 4 rings (SSSR count). The van der Waals surface area contributed by atoms with Crippen LogP contribution in [0.5, 0.6) is 11.5 Å². The van der Waals surface area contributed by atoms with Gasteiger partial charge in [0.2, 0.25) is 0 Å². The molecule has 1 N–H and O–H groups in total. The van der Waals surface area contributed by atoms with E-state index >= 15 is 0 Å². The predicted octanol–water partition coefficient (Wildman–Crippen LogP) is 6.04. The normalized spacial score (nSPS) is 11.1. The Morgan fingerprint density at radius 1 is 1.17 bits per heavy atom. The minimum Gasteiger partial charge on any atom is -0.490 e. The SMILES string of the molecule is CCOc1cc(/C=N\NC(=O)c2cc3cc([N+](=O)[O-])ccc3o2)cc(Cl)c1OCc1cccc(C)c1. The van der Waals surface area contributed by atoms with Gasteiger partial charge < -0.3 is 13.9 Å². The summed E-state index contributed by atoms with van der Waals surface area (Å²) < 4.78 is 17.1. The molecule has 184 valence electrons. The predicted molar refractivity (Wildman–Crippen MR) is 136 cm³/mol. The maximum absolute atomic E-state index is 12.4. The highest BCUT2D eigenvalue weighted by atomic mass is 35.5. The Kier molecular flexibility index (Phi) is 7.50. The number of nitrogens with one attached hydrogen (secondary N) is 1. The first-order valence-corrected chi connectivity index (χ1v) is 11.4. The lowest BCUT2D eigenvalue weighted by Crippen LogP contribution is -2.16. The molecule has 10 heteroatoms. The Balaban J connectivity index is 1.46. The summed E-state index contributed by atoms with van der Waals surface area (Å²) in [6.45, 7) is 4.58. The molecule has 0 atom stereocenters. The highest BCUT2D eigenvalue weighted by Crippen LogP contribution is 2.37. The smallest absolute Gasteiger partial charge is 0.307 e. The summed E-state index contributed by atoms with van der Waals surface area (Å²) in [5.74, 6) is 0.219. The van der Waals surface area contributed by atoms with Crippen molar-refractivity contribution in [1.29, 1.82) is 0 Å². The van der Waals surface area contributed by atoms with Crippen LogP contribution < -0.4 is 14.9 Å². The van der Waals surface area contributed by atoms with Gasteiger partial charge in [-0.1, -0.05) is 41.4 Å². The molecule has 0 aliphatic rings. The molecule has 4 aromatic rings. The summed E-state index contributed by atoms with van der Waals surface area (Å²) in [5, 5.41) is 15.7. The number of halogens is 1. The van der Waals surface area contributed by atoms with Crippen LogP contribution in [-0.2, 0) is 6.61 Å². The van der Waals surface area contributed by atoms with E-state index < -0.39 is 10.8 Å². The van der Waals surface area contributed by atoms with Crippen molar-refractivity contribution < 1.29 is 23.6 Å². The number of furan rings is 1. The summed E-state index contributed by atoms with van der Waals surface area (Å²) in [6, 6.07) is 16.8. The number of aryl methyl sites for hydroxylation is 1. The molecule has 1 amide bonds. The minimum atomic E-state index is -0.612. The third-order valence-electron chi connectivity index (χ3n) is 5.11. The Morgan fingerprint density at radius 3 is 2.75 bits per heavy atom. The number of hydrogen-bond donors (Lipinski definition) is 1. The number of nitro groups is 1. The third-order valence-corrected chi connectivity index (χ3v) is 5.39. The molecule has 0 spiro atoms. The van der Waals surface area contributed by atoms with E-state index in [2.05, 4.69) is 10.5 Å². The minimum absolute atomic E-state index is 0.0319. The molecule has 0 fully saturated rings. The van der Waals surface area contributed by atoms with Crippen molar-refractivity contribution in [2.75, 3.05) is 6.61 Å². The fraction of sp³-hybridized carbons (Fsp3) is 0.154. The molecule has 0 saturated heterocycles. The van der Waals surface area contributed by atoms with Crippen molar-refractivity contribution in [3.8, 4) is 11.5 Å². The number of benzene rings is 3. The fourth-order valence-corrected chi connectivity index (χ4v) is 3.77. The van der Waals surface area contributed by atoms with E-state index in [-0.39, 0.29) is 11.4 Å². The number of ether oxygens (including phenoxy) is 2. The molecule has 3 aromatic carbocycles. The molecule has 36 heavy (non-hydrogen) atoms. The maximum atomic E-state index is 12.4. The average molecular weight is 508 g/mol. The molecule has 0 aliphatic heterocycles. The molecule has 1 aromatic heterocycles. The first-order valence-electron chi connectivity index (χ1n) is 11.0. The van der Waals surface area contributed by atoms with Crippen molar-refractivity contribution in [2.24, 2.45) is 5.10 Å². The second kappa shape index (κ2) is 10.9. The van der Waals surface area contributed by atoms with E-state index in [4.69, 9.17) is 25.5 Å². The quantitative estimate of drug-likeness (QED) is 0.167. The van der Waals surface area contributed by atoms with Crippen molar-refractivity contribution in [3.05, 3.63) is 98.3 Å². The fourth-order valence-electron chi connectivity index (χ4n) is 3.50. The second-order valence-corrected chi connectivity index (χ2v) is 8.24. The van der Waals surface area contributed by atoms with Crippen LogP contribution in [0.4, 0.5) is 5.69 Å². The highest BCUT2D eigenvalue weighted by Gasteiger charge is 2.15. The molecule has 9 nitrogen and oxygen atoms in total. The number of nitrogens with zero attached hydrogens (tertiary/aromatic N) is 2. The van der Waals surface area contributed by atoms with Gasteiger partial charge in [-0.25, -0.2) is 5.43 Å². The molecule has 0 aliphatic carbocycles. The van der Waals surface area contributed by atoms with Crippen LogP contribution in [0.15, 0.2) is 70.2 Å². The Bertz CT molecular complexity index is 1460. The lowest BCUT2D eigenvalue weighted by atomic mass is 10.1. The Morgan fingerprint density at radius 2 is 2.00 bits per heavy atom. The van der Waals surface area contributed by atoms with E-state index in [1.54, 1.807) is 12.1 Å². The highest BCUT2D eigenvalue weighted by molar-refractivity contribution is 6.32. The van der Waals surface area contributed by atoms with Crippen LogP contribution in [-0.4, -0.2) is 23.7 Å². The number of fused-ring (bicyclic) bond motifs is 1. The lowest BCUT2D eigenvalue weighted by Gasteiger charge is -2.14. The van der Waals surface area contributed by atoms with Gasteiger partial charge in [-0.2, -0.15) is 5.10 Å². The van der Waals surface area contributed by atoms with Crippen LogP contribution in [0.1, 0.15) is 34.2 Å². The Hall–Kier alpha value is -4.37. The monoisotopic (exact) mass is 507 g/mol. The number of hydrazone groups is 1. The molecule has 0 saturated carbocycles. The van der Waals surface area contributed by atoms with E-state index in [0.29, 0.717) is 46.3 Å². The summed E-state index contributed by atoms with van der Waals surface area (Å²) in [5.41, 5.74) is 5.33. The first kappa shape index (κ1) is 24.7. The molecule has 0 radical (unpaired) electrons. The zero-order valence-corrected chi connectivity index (χ0v) is 20.2. The average Bonchev–Trinajstić information content (AvgIpc) is 3.27. The van der Waals surface area contributed by atoms with Crippen LogP contribution >= 0.6 is 11.6 Å². The summed E-state index contributed by atoms with van der Waals surface area (Å²) in [7, 11) is 0. The lowest BCUT2D eigenvalue weighted by molar-refractivity contribution is -0.384. The van der Waals surface area contributed by atoms with Crippen molar-refractivity contribution in [3.63, 3.8) is 0 Å². The zero-order valence-electron chi connectivity index (χ0n) is 19.5. The van der Waals surface area contributed by atoms with Crippen molar-refractivity contribution in [2.45, 2.75) is 20.5 Å². The van der Waals surface area contributed by atoms with Gasteiger partial charge in [-0.05, 0) is 49.2 Å². The largest absolute Gasteiger partial charge is 0.490 e. The van der Waals surface area contributed by atoms with Gasteiger partial charge in [-0.15, -0.1) is 0 Å². The van der Waals surface area contributed by atoms with E-state index in [0.717, 1.165) is 11.1 Å². The van der Waals surface area contributed by atoms with Crippen LogP contribution in [0.2, 0.25) is 5.02 Å². The number of carbonyl (C=O) groups is 1. The zero-order chi connectivity index (χ0) is 25.7. The van der Waals surface area contributed by atoms with Crippen molar-refractivity contribution in [1.82, 2.24) is 5.43 Å². The number of nitro benzene ring substituents is 1. The number of non-ortho nitro benzene ring substituents is 1. The molecular weight excluding hydrogens is 486 g/mol. The molecule has 1 heterocycles. The number of hydrogen-bond acceptors (Lipinski definition) is 7. The number of amides is 1. The van der Waals surface area contributed by atoms with Crippen molar-refractivity contribution >= 4 is 40.4 Å². The van der Waals surface area contributed by atoms with Gasteiger partial charge in [0, 0.05) is 17.5 Å². The van der Waals surface area contributed by atoms with E-state index in [9.17, 15) is 14.9 Å². The number of rotatable bonds is 9. The topological polar surface area (TPSA) is 116 Å². The van der Waals surface area contributed by atoms with Gasteiger partial charge >= 0.3 is 5.91 Å². The van der Waals surface area contributed by atoms with Gasteiger partial charge in [0.1, 0.15) is 12.2 Å². The molecule has 0 bridgehead atoms. The van der Waals surface area contributed by atoms with E-state index in [1.165, 1.54) is 30.5 Å². The van der Waals surface area contributed by atoms with Crippen LogP contribution in [0.3, 0.4) is 0 Å². The second-order valence-electron chi connectivity index (χ2n) is 7.83. The Labute approximate surface area is 211 Å². The van der Waals surface area contributed by atoms with Gasteiger partial charge in [0.25, 0.3) is 5.69 Å².